The van der Waals surface area contributed by atoms with Crippen LogP contribution in [-0.2, 0) is 23.7 Å². The molecule has 2 heterocycles. The van der Waals surface area contributed by atoms with Gasteiger partial charge in [-0.25, -0.2) is 0 Å². The second kappa shape index (κ2) is 8.34. The lowest BCUT2D eigenvalue weighted by molar-refractivity contribution is -0.308. The largest absolute Gasteiger partial charge is 0.467 e. The molecule has 9 heteroatoms. The predicted molar refractivity (Wildman–Crippen MR) is 74.2 cm³/mol. The van der Waals surface area contributed by atoms with Gasteiger partial charge in [-0.3, -0.25) is 4.79 Å². The number of carbonyl (C=O) groups excluding carboxylic acids is 1. The number of aliphatic hydroxyl groups excluding tert-OH is 4. The van der Waals surface area contributed by atoms with Crippen molar-refractivity contribution >= 4 is 6.45 Å². The topological polar surface area (TPSA) is 135 Å². The van der Waals surface area contributed by atoms with E-state index in [0.717, 1.165) is 0 Å². The van der Waals surface area contributed by atoms with Gasteiger partial charge in [0, 0.05) is 18.6 Å². The quantitative estimate of drug-likeness (QED) is 0.397. The molecule has 0 amide bonds. The van der Waals surface area contributed by atoms with Crippen molar-refractivity contribution < 1.29 is 45.5 Å². The van der Waals surface area contributed by atoms with Crippen molar-refractivity contribution in [1.29, 1.82) is 0 Å². The summed E-state index contributed by atoms with van der Waals surface area (Å²) in [7, 11) is 0. The highest BCUT2D eigenvalue weighted by molar-refractivity contribution is 5.37. The molecule has 5 atom stereocenters. The van der Waals surface area contributed by atoms with Gasteiger partial charge in [-0.1, -0.05) is 0 Å². The van der Waals surface area contributed by atoms with Crippen molar-refractivity contribution in [3.63, 3.8) is 0 Å². The van der Waals surface area contributed by atoms with Crippen LogP contribution in [0.15, 0.2) is 0 Å². The monoisotopic (exact) mass is 337 g/mol. The Bertz CT molecular complexity index is 413. The van der Waals surface area contributed by atoms with Gasteiger partial charge in [0.2, 0.25) is 0 Å². The third kappa shape index (κ3) is 4.38. The van der Waals surface area contributed by atoms with Crippen LogP contribution in [-0.4, -0.2) is 90.6 Å². The number of carbonyl (C=O) groups is 1. The van der Waals surface area contributed by atoms with Crippen LogP contribution < -0.4 is 0 Å². The molecule has 0 radical (unpaired) electrons. The molecule has 4 N–H and O–H groups in total. The van der Waals surface area contributed by atoms with Crippen molar-refractivity contribution in [2.75, 3.05) is 33.0 Å². The average Bonchev–Trinajstić information content (AvgIpc) is 2.58. The zero-order valence-corrected chi connectivity index (χ0v) is 12.7. The first kappa shape index (κ1) is 17.0. The standard InChI is InChI=1S/C14H24O9/c15-5-9-10(17)11(18)12(19)13(23-9)22-7-14(6-21-8-16)1-3-20-4-2-14/h8-13,15,17-19H,1-7H2/t9-,10+,11+,12-,13-/m1/s1/i8D. The molecular formula is C14H24O9. The molecule has 0 aromatic rings. The predicted octanol–water partition coefficient (Wildman–Crippen LogP) is -2.23. The van der Waals surface area contributed by atoms with Gasteiger partial charge in [0.25, 0.3) is 6.45 Å². The molecule has 9 nitrogen and oxygen atoms in total. The Morgan fingerprint density at radius 3 is 2.48 bits per heavy atom. The highest BCUT2D eigenvalue weighted by Gasteiger charge is 2.45. The van der Waals surface area contributed by atoms with Crippen molar-refractivity contribution in [1.82, 2.24) is 0 Å². The van der Waals surface area contributed by atoms with Gasteiger partial charge >= 0.3 is 0 Å². The van der Waals surface area contributed by atoms with Crippen LogP contribution in [0.4, 0.5) is 0 Å². The fourth-order valence-electron chi connectivity index (χ4n) is 2.78. The molecule has 23 heavy (non-hydrogen) atoms. The van der Waals surface area contributed by atoms with E-state index >= 15 is 0 Å². The van der Waals surface area contributed by atoms with Gasteiger partial charge in [-0.05, 0) is 12.8 Å². The molecule has 2 aliphatic rings. The third-order valence-electron chi connectivity index (χ3n) is 4.39. The maximum absolute atomic E-state index is 10.8. The number of rotatable bonds is 6. The van der Waals surface area contributed by atoms with E-state index in [1.807, 2.05) is 0 Å². The van der Waals surface area contributed by atoms with E-state index in [4.69, 9.17) is 25.4 Å². The van der Waals surface area contributed by atoms with Gasteiger partial charge in [0.1, 0.15) is 24.4 Å². The normalized spacial score (nSPS) is 37.9. The molecular weight excluding hydrogens is 312 g/mol. The Labute approximate surface area is 135 Å². The summed E-state index contributed by atoms with van der Waals surface area (Å²) >= 11 is 0. The lowest BCUT2D eigenvalue weighted by atomic mass is 9.82. The number of ether oxygens (including phenoxy) is 4. The maximum Gasteiger partial charge on any atom is 0.293 e. The summed E-state index contributed by atoms with van der Waals surface area (Å²) in [4.78, 5) is 10.8. The minimum absolute atomic E-state index is 0.0316. The summed E-state index contributed by atoms with van der Waals surface area (Å²) in [6.07, 6.45) is -6.84. The Morgan fingerprint density at radius 2 is 1.87 bits per heavy atom. The molecule has 0 saturated carbocycles. The van der Waals surface area contributed by atoms with E-state index in [0.29, 0.717) is 26.1 Å². The average molecular weight is 337 g/mol. The van der Waals surface area contributed by atoms with Gasteiger partial charge in [0.15, 0.2) is 7.66 Å². The number of hydrogen-bond acceptors (Lipinski definition) is 9. The molecule has 134 valence electrons. The van der Waals surface area contributed by atoms with Gasteiger partial charge in [0.05, 0.1) is 19.8 Å². The summed E-state index contributed by atoms with van der Waals surface area (Å²) in [5, 5.41) is 38.6. The van der Waals surface area contributed by atoms with E-state index in [2.05, 4.69) is 0 Å². The first-order valence-corrected chi connectivity index (χ1v) is 7.52. The first-order valence-electron chi connectivity index (χ1n) is 8.02. The molecule has 0 aromatic heterocycles. The summed E-state index contributed by atoms with van der Waals surface area (Å²) in [6, 6.07) is 0. The minimum Gasteiger partial charge on any atom is -0.467 e. The minimum atomic E-state index is -1.52. The molecule has 0 unspecified atom stereocenters. The molecule has 0 spiro atoms. The molecule has 0 bridgehead atoms. The lowest BCUT2D eigenvalue weighted by Gasteiger charge is -2.42. The first-order chi connectivity index (χ1) is 11.4. The van der Waals surface area contributed by atoms with Crippen LogP contribution in [0, 0.1) is 5.41 Å². The number of aliphatic hydroxyl groups is 4. The molecule has 0 aliphatic carbocycles. The SMILES string of the molecule is [2H]C(=O)OCC1(CO[C@@H]2O[C@H](CO)[C@H](O)[C@H](O)[C@H]2O)CCOCC1. The van der Waals surface area contributed by atoms with Gasteiger partial charge < -0.3 is 39.4 Å². The molecule has 2 saturated heterocycles. The molecule has 2 fully saturated rings. The highest BCUT2D eigenvalue weighted by atomic mass is 16.7. The Kier molecular flexibility index (Phi) is 6.17. The zero-order valence-electron chi connectivity index (χ0n) is 13.7. The van der Waals surface area contributed by atoms with Crippen molar-refractivity contribution in [2.24, 2.45) is 5.41 Å². The van der Waals surface area contributed by atoms with Crippen LogP contribution in [0.3, 0.4) is 0 Å². The van der Waals surface area contributed by atoms with Crippen molar-refractivity contribution in [3.05, 3.63) is 0 Å². The van der Waals surface area contributed by atoms with Crippen LogP contribution in [0.1, 0.15) is 14.2 Å². The van der Waals surface area contributed by atoms with Gasteiger partial charge in [-0.2, -0.15) is 0 Å². The van der Waals surface area contributed by atoms with E-state index in [1.54, 1.807) is 0 Å². The number of hydrogen-bond donors (Lipinski definition) is 4. The Morgan fingerprint density at radius 1 is 1.17 bits per heavy atom. The fourth-order valence-corrected chi connectivity index (χ4v) is 2.78. The van der Waals surface area contributed by atoms with E-state index in [9.17, 15) is 20.1 Å². The fraction of sp³-hybridized carbons (Fsp3) is 0.929. The lowest BCUT2D eigenvalue weighted by Crippen LogP contribution is -2.59. The molecule has 0 aromatic carbocycles. The molecule has 2 rings (SSSR count). The van der Waals surface area contributed by atoms with Crippen molar-refractivity contribution in [2.45, 2.75) is 43.5 Å². The van der Waals surface area contributed by atoms with Crippen molar-refractivity contribution in [3.8, 4) is 0 Å². The summed E-state index contributed by atoms with van der Waals surface area (Å²) in [5.74, 6) is 0. The summed E-state index contributed by atoms with van der Waals surface area (Å²) in [6.45, 7) is 0.337. The third-order valence-corrected chi connectivity index (χ3v) is 4.39. The van der Waals surface area contributed by atoms with E-state index in [1.165, 1.54) is 0 Å². The Balaban J connectivity index is 1.98. The van der Waals surface area contributed by atoms with Gasteiger partial charge in [-0.15, -0.1) is 0 Å². The Hall–Kier alpha value is -0.810. The highest BCUT2D eigenvalue weighted by Crippen LogP contribution is 2.33. The van der Waals surface area contributed by atoms with Crippen LogP contribution in [0.25, 0.3) is 0 Å². The summed E-state index contributed by atoms with van der Waals surface area (Å²) in [5.41, 5.74) is -0.590. The van der Waals surface area contributed by atoms with Crippen LogP contribution in [0.2, 0.25) is 0 Å². The van der Waals surface area contributed by atoms with E-state index in [-0.39, 0.29) is 13.2 Å². The summed E-state index contributed by atoms with van der Waals surface area (Å²) < 4.78 is 27.8. The maximum atomic E-state index is 10.8. The van der Waals surface area contributed by atoms with Crippen LogP contribution >= 0.6 is 0 Å². The second-order valence-corrected chi connectivity index (χ2v) is 5.99. The zero-order chi connectivity index (χ0) is 17.7. The van der Waals surface area contributed by atoms with E-state index < -0.39 is 49.2 Å². The molecule has 2 aliphatic heterocycles. The second-order valence-electron chi connectivity index (χ2n) is 5.99. The smallest absolute Gasteiger partial charge is 0.293 e. The van der Waals surface area contributed by atoms with Crippen LogP contribution in [0.5, 0.6) is 0 Å².